The lowest BCUT2D eigenvalue weighted by molar-refractivity contribution is 0.0730. The molecule has 0 spiro atoms. The van der Waals surface area contributed by atoms with Gasteiger partial charge in [0, 0.05) is 13.1 Å². The maximum atomic E-state index is 13.1. The number of fused-ring (bicyclic) bond motifs is 1. The Morgan fingerprint density at radius 3 is 2.57 bits per heavy atom. The highest BCUT2D eigenvalue weighted by molar-refractivity contribution is 7.89. The van der Waals surface area contributed by atoms with Crippen LogP contribution in [0.5, 0.6) is 11.5 Å². The summed E-state index contributed by atoms with van der Waals surface area (Å²) in [7, 11) is -3.62. The third-order valence-electron chi connectivity index (χ3n) is 4.87. The molecule has 0 bridgehead atoms. The molecule has 0 aliphatic carbocycles. The molecule has 3 heterocycles. The second kappa shape index (κ2) is 7.55. The molecule has 4 rings (SSSR count). The number of hydrogen-bond donors (Lipinski definition) is 0. The number of morpholine rings is 1. The van der Waals surface area contributed by atoms with Crippen LogP contribution in [-0.4, -0.2) is 62.0 Å². The summed E-state index contributed by atoms with van der Waals surface area (Å²) in [6.45, 7) is 6.31. The van der Waals surface area contributed by atoms with Crippen LogP contribution in [0.15, 0.2) is 17.0 Å². The average Bonchev–Trinajstić information content (AvgIpc) is 2.96. The Morgan fingerprint density at radius 2 is 1.82 bits per heavy atom. The molecule has 1 fully saturated rings. The molecule has 0 atom stereocenters. The van der Waals surface area contributed by atoms with E-state index in [1.165, 1.54) is 4.31 Å². The quantitative estimate of drug-likeness (QED) is 0.742. The van der Waals surface area contributed by atoms with E-state index in [1.807, 2.05) is 6.07 Å². The van der Waals surface area contributed by atoms with Gasteiger partial charge in [-0.3, -0.25) is 4.68 Å². The van der Waals surface area contributed by atoms with Crippen LogP contribution in [0.3, 0.4) is 0 Å². The van der Waals surface area contributed by atoms with Gasteiger partial charge in [0.05, 0.1) is 36.2 Å². The Morgan fingerprint density at radius 1 is 1.11 bits per heavy atom. The molecule has 0 N–H and O–H groups in total. The molecule has 0 unspecified atom stereocenters. The van der Waals surface area contributed by atoms with Crippen molar-refractivity contribution in [3.8, 4) is 11.5 Å². The molecule has 1 aromatic heterocycles. The van der Waals surface area contributed by atoms with Gasteiger partial charge in [-0.1, -0.05) is 11.6 Å². The number of aryl methyl sites for hydroxylation is 1. The van der Waals surface area contributed by atoms with Crippen molar-refractivity contribution >= 4 is 21.6 Å². The van der Waals surface area contributed by atoms with E-state index < -0.39 is 10.0 Å². The highest BCUT2D eigenvalue weighted by Crippen LogP contribution is 2.38. The third-order valence-corrected chi connectivity index (χ3v) is 7.30. The van der Waals surface area contributed by atoms with Gasteiger partial charge in [-0.2, -0.15) is 9.40 Å². The van der Waals surface area contributed by atoms with Crippen LogP contribution in [0.1, 0.15) is 17.0 Å². The smallest absolute Gasteiger partial charge is 0.246 e. The lowest BCUT2D eigenvalue weighted by Gasteiger charge is -2.26. The molecule has 2 aliphatic rings. The van der Waals surface area contributed by atoms with E-state index in [2.05, 4.69) is 5.10 Å². The van der Waals surface area contributed by atoms with Gasteiger partial charge < -0.3 is 14.2 Å². The number of sulfonamides is 1. The lowest BCUT2D eigenvalue weighted by atomic mass is 10.2. The number of ether oxygens (including phenoxy) is 3. The molecule has 1 aromatic carbocycles. The largest absolute Gasteiger partial charge is 0.486 e. The Balaban J connectivity index is 1.66. The molecular formula is C18H22ClN3O5S. The standard InChI is InChI=1S/C18H22ClN3O5S/c1-12-18(28(23,24)21-3-5-25-6-4-21)13(2)22(20-12)11-14-9-15(19)17-16(10-14)26-7-8-27-17/h9-10H,3-8,11H2,1-2H3. The normalized spacial score (nSPS) is 17.7. The Hall–Kier alpha value is -1.81. The molecule has 10 heteroatoms. The van der Waals surface area contributed by atoms with Crippen LogP contribution in [0, 0.1) is 13.8 Å². The van der Waals surface area contributed by atoms with E-state index in [-0.39, 0.29) is 4.90 Å². The van der Waals surface area contributed by atoms with E-state index in [0.717, 1.165) is 5.56 Å². The molecule has 0 saturated carbocycles. The van der Waals surface area contributed by atoms with Crippen molar-refractivity contribution in [2.24, 2.45) is 0 Å². The summed E-state index contributed by atoms with van der Waals surface area (Å²) in [5.41, 5.74) is 1.93. The first-order valence-corrected chi connectivity index (χ1v) is 10.9. The third kappa shape index (κ3) is 3.47. The summed E-state index contributed by atoms with van der Waals surface area (Å²) in [5.74, 6) is 1.14. The van der Waals surface area contributed by atoms with E-state index >= 15 is 0 Å². The van der Waals surface area contributed by atoms with E-state index in [9.17, 15) is 8.42 Å². The number of hydrogen-bond acceptors (Lipinski definition) is 6. The molecule has 0 amide bonds. The SMILES string of the molecule is Cc1nn(Cc2cc(Cl)c3c(c2)OCCO3)c(C)c1S(=O)(=O)N1CCOCC1. The Kier molecular flexibility index (Phi) is 5.26. The van der Waals surface area contributed by atoms with E-state index in [1.54, 1.807) is 24.6 Å². The summed E-state index contributed by atoms with van der Waals surface area (Å²) < 4.78 is 45.8. The summed E-state index contributed by atoms with van der Waals surface area (Å²) in [6.07, 6.45) is 0. The lowest BCUT2D eigenvalue weighted by Crippen LogP contribution is -2.41. The average molecular weight is 428 g/mol. The number of aromatic nitrogens is 2. The summed E-state index contributed by atoms with van der Waals surface area (Å²) in [4.78, 5) is 0.262. The first-order chi connectivity index (χ1) is 13.4. The minimum atomic E-state index is -3.62. The van der Waals surface area contributed by atoms with Gasteiger partial charge in [0.15, 0.2) is 11.5 Å². The predicted octanol–water partition coefficient (Wildman–Crippen LogP) is 1.99. The maximum Gasteiger partial charge on any atom is 0.246 e. The van der Waals surface area contributed by atoms with Crippen LogP contribution in [0.25, 0.3) is 0 Å². The van der Waals surface area contributed by atoms with E-state index in [4.69, 9.17) is 25.8 Å². The van der Waals surface area contributed by atoms with Gasteiger partial charge in [-0.25, -0.2) is 8.42 Å². The number of halogens is 1. The molecule has 8 nitrogen and oxygen atoms in total. The molecule has 0 radical (unpaired) electrons. The minimum Gasteiger partial charge on any atom is -0.486 e. The minimum absolute atomic E-state index is 0.262. The van der Waals surface area contributed by atoms with Crippen LogP contribution in [0.2, 0.25) is 5.02 Å². The fourth-order valence-corrected chi connectivity index (χ4v) is 5.62. The van der Waals surface area contributed by atoms with Crippen LogP contribution in [0.4, 0.5) is 0 Å². The van der Waals surface area contributed by atoms with Crippen LogP contribution in [-0.2, 0) is 21.3 Å². The van der Waals surface area contributed by atoms with Crippen molar-refractivity contribution in [3.05, 3.63) is 34.1 Å². The van der Waals surface area contributed by atoms with Crippen molar-refractivity contribution in [1.29, 1.82) is 0 Å². The van der Waals surface area contributed by atoms with E-state index in [0.29, 0.717) is 74.0 Å². The Labute approximate surface area is 169 Å². The summed E-state index contributed by atoms with van der Waals surface area (Å²) >= 11 is 6.31. The van der Waals surface area contributed by atoms with Crippen molar-refractivity contribution in [3.63, 3.8) is 0 Å². The molecule has 2 aliphatic heterocycles. The monoisotopic (exact) mass is 427 g/mol. The highest BCUT2D eigenvalue weighted by atomic mass is 35.5. The number of benzene rings is 1. The molecule has 1 saturated heterocycles. The zero-order valence-electron chi connectivity index (χ0n) is 15.8. The Bertz CT molecular complexity index is 999. The molecule has 152 valence electrons. The first-order valence-electron chi connectivity index (χ1n) is 9.08. The molecule has 28 heavy (non-hydrogen) atoms. The second-order valence-electron chi connectivity index (χ2n) is 6.78. The predicted molar refractivity (Wildman–Crippen MR) is 103 cm³/mol. The van der Waals surface area contributed by atoms with Gasteiger partial charge in [0.1, 0.15) is 18.1 Å². The number of nitrogens with zero attached hydrogens (tertiary/aromatic N) is 3. The molecular weight excluding hydrogens is 406 g/mol. The van der Waals surface area contributed by atoms with Crippen molar-refractivity contribution < 1.29 is 22.6 Å². The zero-order chi connectivity index (χ0) is 19.9. The first kappa shape index (κ1) is 19.5. The second-order valence-corrected chi connectivity index (χ2v) is 9.06. The highest BCUT2D eigenvalue weighted by Gasteiger charge is 2.32. The fraction of sp³-hybridized carbons (Fsp3) is 0.500. The fourth-order valence-electron chi connectivity index (χ4n) is 3.55. The van der Waals surface area contributed by atoms with Crippen molar-refractivity contribution in [2.75, 3.05) is 39.5 Å². The van der Waals surface area contributed by atoms with Gasteiger partial charge in [-0.15, -0.1) is 0 Å². The zero-order valence-corrected chi connectivity index (χ0v) is 17.3. The van der Waals surface area contributed by atoms with Gasteiger partial charge in [0.25, 0.3) is 0 Å². The van der Waals surface area contributed by atoms with Gasteiger partial charge in [0.2, 0.25) is 10.0 Å². The van der Waals surface area contributed by atoms with Crippen molar-refractivity contribution in [2.45, 2.75) is 25.3 Å². The van der Waals surface area contributed by atoms with Crippen LogP contribution < -0.4 is 9.47 Å². The summed E-state index contributed by atoms with van der Waals surface area (Å²) in [5, 5.41) is 4.94. The maximum absolute atomic E-state index is 13.1. The van der Waals surface area contributed by atoms with Crippen LogP contribution >= 0.6 is 11.6 Å². The number of rotatable bonds is 4. The summed E-state index contributed by atoms with van der Waals surface area (Å²) in [6, 6.07) is 3.65. The van der Waals surface area contributed by atoms with Gasteiger partial charge >= 0.3 is 0 Å². The topological polar surface area (TPSA) is 82.9 Å². The van der Waals surface area contributed by atoms with Gasteiger partial charge in [-0.05, 0) is 31.5 Å². The van der Waals surface area contributed by atoms with Crippen molar-refractivity contribution in [1.82, 2.24) is 14.1 Å². The molecule has 2 aromatic rings.